The number of carbonyl (C=O) groups excluding carboxylic acids is 1. The maximum atomic E-state index is 12.6. The molecule has 128 valence electrons. The maximum Gasteiger partial charge on any atom is 0.274 e. The minimum absolute atomic E-state index is 0. The highest BCUT2D eigenvalue weighted by molar-refractivity contribution is 5.85. The fraction of sp³-hybridized carbons (Fsp3) is 0.562. The first-order valence-electron chi connectivity index (χ1n) is 7.73. The molecule has 2 unspecified atom stereocenters. The minimum Gasteiger partial charge on any atom is -0.341 e. The third-order valence-corrected chi connectivity index (χ3v) is 4.36. The summed E-state index contributed by atoms with van der Waals surface area (Å²) in [7, 11) is 1.69. The van der Waals surface area contributed by atoms with E-state index in [0.29, 0.717) is 5.56 Å². The van der Waals surface area contributed by atoms with E-state index < -0.39 is 4.92 Å². The zero-order chi connectivity index (χ0) is 16.1. The van der Waals surface area contributed by atoms with Crippen molar-refractivity contribution in [3.63, 3.8) is 0 Å². The summed E-state index contributed by atoms with van der Waals surface area (Å²) in [5.41, 5.74) is 6.73. The predicted molar refractivity (Wildman–Crippen MR) is 91.4 cm³/mol. The quantitative estimate of drug-likeness (QED) is 0.518. The number of para-hydroxylation sites is 1. The van der Waals surface area contributed by atoms with Crippen LogP contribution in [0.4, 0.5) is 5.69 Å². The van der Waals surface area contributed by atoms with Gasteiger partial charge in [0.15, 0.2) is 0 Å². The molecule has 2 rings (SSSR count). The Morgan fingerprint density at radius 1 is 1.30 bits per heavy atom. The van der Waals surface area contributed by atoms with E-state index in [1.165, 1.54) is 6.07 Å². The summed E-state index contributed by atoms with van der Waals surface area (Å²) < 4.78 is 0. The van der Waals surface area contributed by atoms with E-state index in [0.717, 1.165) is 32.1 Å². The maximum absolute atomic E-state index is 12.6. The first kappa shape index (κ1) is 19.4. The second-order valence-electron chi connectivity index (χ2n) is 5.99. The molecule has 23 heavy (non-hydrogen) atoms. The van der Waals surface area contributed by atoms with Gasteiger partial charge in [-0.2, -0.15) is 0 Å². The molecule has 2 N–H and O–H groups in total. The molecule has 1 amide bonds. The second kappa shape index (κ2) is 8.84. The van der Waals surface area contributed by atoms with Crippen molar-refractivity contribution in [1.29, 1.82) is 0 Å². The minimum atomic E-state index is -0.412. The van der Waals surface area contributed by atoms with E-state index in [4.69, 9.17) is 5.73 Å². The molecule has 1 aromatic rings. The molecule has 0 spiro atoms. The highest BCUT2D eigenvalue weighted by atomic mass is 35.5. The summed E-state index contributed by atoms with van der Waals surface area (Å²) >= 11 is 0. The molecular weight excluding hydrogens is 318 g/mol. The second-order valence-corrected chi connectivity index (χ2v) is 5.99. The van der Waals surface area contributed by atoms with Gasteiger partial charge in [-0.1, -0.05) is 37.5 Å². The lowest BCUT2D eigenvalue weighted by molar-refractivity contribution is -0.385. The molecule has 1 saturated carbocycles. The monoisotopic (exact) mass is 341 g/mol. The number of nitrogens with zero attached hydrogens (tertiary/aromatic N) is 2. The number of nitrogens with two attached hydrogens (primary N) is 1. The van der Waals surface area contributed by atoms with Gasteiger partial charge >= 0.3 is 0 Å². The van der Waals surface area contributed by atoms with Crippen molar-refractivity contribution in [2.24, 2.45) is 11.7 Å². The Balaban J connectivity index is 0.00000264. The largest absolute Gasteiger partial charge is 0.341 e. The Morgan fingerprint density at radius 2 is 1.96 bits per heavy atom. The van der Waals surface area contributed by atoms with Crippen molar-refractivity contribution >= 4 is 24.0 Å². The number of nitro benzene ring substituents is 1. The zero-order valence-electron chi connectivity index (χ0n) is 13.3. The van der Waals surface area contributed by atoms with Crippen LogP contribution < -0.4 is 5.73 Å². The van der Waals surface area contributed by atoms with Crippen molar-refractivity contribution in [1.82, 2.24) is 4.90 Å². The molecular formula is C16H24ClN3O3. The average molecular weight is 342 g/mol. The molecule has 0 aromatic heterocycles. The summed E-state index contributed by atoms with van der Waals surface area (Å²) in [6.07, 6.45) is 4.88. The van der Waals surface area contributed by atoms with Gasteiger partial charge in [0.1, 0.15) is 0 Å². The van der Waals surface area contributed by atoms with Crippen molar-refractivity contribution in [3.8, 4) is 0 Å². The van der Waals surface area contributed by atoms with Gasteiger partial charge in [-0.25, -0.2) is 0 Å². The van der Waals surface area contributed by atoms with Crippen LogP contribution in [0.1, 0.15) is 37.7 Å². The fourth-order valence-corrected chi connectivity index (χ4v) is 3.08. The Hall–Kier alpha value is -1.66. The number of amides is 1. The van der Waals surface area contributed by atoms with Crippen LogP contribution in [-0.4, -0.2) is 28.8 Å². The summed E-state index contributed by atoms with van der Waals surface area (Å²) in [5, 5.41) is 11.1. The summed E-state index contributed by atoms with van der Waals surface area (Å²) in [5.74, 6) is -0.178. The molecule has 1 aliphatic rings. The normalized spacial score (nSPS) is 21.0. The van der Waals surface area contributed by atoms with Gasteiger partial charge in [0.05, 0.1) is 17.4 Å². The Kier molecular flexibility index (Phi) is 7.45. The van der Waals surface area contributed by atoms with E-state index in [1.54, 1.807) is 30.1 Å². The Morgan fingerprint density at radius 3 is 2.65 bits per heavy atom. The lowest BCUT2D eigenvalue weighted by Crippen LogP contribution is -2.42. The van der Waals surface area contributed by atoms with E-state index >= 15 is 0 Å². The van der Waals surface area contributed by atoms with E-state index in [2.05, 4.69) is 0 Å². The molecule has 1 fully saturated rings. The molecule has 7 heteroatoms. The van der Waals surface area contributed by atoms with E-state index in [-0.39, 0.29) is 42.5 Å². The molecule has 0 heterocycles. The van der Waals surface area contributed by atoms with E-state index in [1.807, 2.05) is 0 Å². The van der Waals surface area contributed by atoms with Gasteiger partial charge in [0.2, 0.25) is 5.91 Å². The van der Waals surface area contributed by atoms with Crippen LogP contribution in [0.3, 0.4) is 0 Å². The van der Waals surface area contributed by atoms with Crippen LogP contribution in [0.25, 0.3) is 0 Å². The smallest absolute Gasteiger partial charge is 0.274 e. The highest BCUT2D eigenvalue weighted by Crippen LogP contribution is 2.25. The topological polar surface area (TPSA) is 89.5 Å². The lowest BCUT2D eigenvalue weighted by atomic mass is 9.94. The third-order valence-electron chi connectivity index (χ3n) is 4.36. The van der Waals surface area contributed by atoms with Crippen LogP contribution in [0.5, 0.6) is 0 Å². The van der Waals surface area contributed by atoms with Gasteiger partial charge in [-0.3, -0.25) is 14.9 Å². The van der Waals surface area contributed by atoms with Gasteiger partial charge in [-0.05, 0) is 12.8 Å². The predicted octanol–water partition coefficient (Wildman–Crippen LogP) is 2.88. The zero-order valence-corrected chi connectivity index (χ0v) is 14.1. The number of nitro groups is 1. The molecule has 6 nitrogen and oxygen atoms in total. The fourth-order valence-electron chi connectivity index (χ4n) is 3.08. The van der Waals surface area contributed by atoms with Crippen molar-refractivity contribution < 1.29 is 9.72 Å². The average Bonchev–Trinajstić information content (AvgIpc) is 2.71. The number of hydrogen-bond donors (Lipinski definition) is 1. The van der Waals surface area contributed by atoms with Gasteiger partial charge in [0, 0.05) is 24.7 Å². The molecule has 1 aliphatic carbocycles. The molecule has 0 radical (unpaired) electrons. The summed E-state index contributed by atoms with van der Waals surface area (Å²) in [4.78, 5) is 24.8. The highest BCUT2D eigenvalue weighted by Gasteiger charge is 2.29. The molecule has 1 aromatic carbocycles. The molecule has 0 aliphatic heterocycles. The van der Waals surface area contributed by atoms with Crippen LogP contribution in [-0.2, 0) is 11.3 Å². The SMILES string of the molecule is CN(Cc1ccccc1[N+](=O)[O-])C(=O)C1CCCCCC1N.Cl. The molecule has 0 saturated heterocycles. The summed E-state index contributed by atoms with van der Waals surface area (Å²) in [6.45, 7) is 0.235. The van der Waals surface area contributed by atoms with Crippen molar-refractivity contribution in [2.45, 2.75) is 44.7 Å². The number of carbonyl (C=O) groups is 1. The number of halogens is 1. The number of hydrogen-bond acceptors (Lipinski definition) is 4. The summed E-state index contributed by atoms with van der Waals surface area (Å²) in [6, 6.07) is 6.42. The first-order chi connectivity index (χ1) is 10.5. The van der Waals surface area contributed by atoms with Gasteiger partial charge < -0.3 is 10.6 Å². The van der Waals surface area contributed by atoms with Crippen LogP contribution in [0, 0.1) is 16.0 Å². The van der Waals surface area contributed by atoms with Gasteiger partial charge in [0.25, 0.3) is 5.69 Å². The number of benzene rings is 1. The van der Waals surface area contributed by atoms with Crippen LogP contribution in [0.2, 0.25) is 0 Å². The standard InChI is InChI=1S/C16H23N3O3.ClH/c1-18(11-12-7-5-6-10-15(12)19(21)22)16(20)13-8-3-2-4-9-14(13)17;/h5-7,10,13-14H,2-4,8-9,11,17H2,1H3;1H. The molecule has 2 atom stereocenters. The third kappa shape index (κ3) is 4.91. The molecule has 0 bridgehead atoms. The van der Waals surface area contributed by atoms with E-state index in [9.17, 15) is 14.9 Å². The van der Waals surface area contributed by atoms with Crippen LogP contribution in [0.15, 0.2) is 24.3 Å². The lowest BCUT2D eigenvalue weighted by Gasteiger charge is -2.26. The Labute approximate surface area is 142 Å². The van der Waals surface area contributed by atoms with Crippen molar-refractivity contribution in [3.05, 3.63) is 39.9 Å². The van der Waals surface area contributed by atoms with Gasteiger partial charge in [-0.15, -0.1) is 12.4 Å². The number of rotatable bonds is 4. The first-order valence-corrected chi connectivity index (χ1v) is 7.73. The Bertz CT molecular complexity index is 553. The van der Waals surface area contributed by atoms with Crippen LogP contribution >= 0.6 is 12.4 Å². The van der Waals surface area contributed by atoms with Crippen molar-refractivity contribution in [2.75, 3.05) is 7.05 Å².